The molecule has 112 valence electrons. The number of nitrogens with zero attached hydrogens (tertiary/aromatic N) is 5. The van der Waals surface area contributed by atoms with Crippen LogP contribution in [0.5, 0.6) is 0 Å². The zero-order valence-corrected chi connectivity index (χ0v) is 12.7. The van der Waals surface area contributed by atoms with Crippen molar-refractivity contribution in [1.29, 1.82) is 0 Å². The standard InChI is InChI=1S/C17H19N5/c1-2-21-11-8-13(12-21)16-20-14-6-5-10-19-17(14)22(16)15-7-3-4-9-18-15/h3-7,9-10,13H,2,8,11-12H2,1H3. The summed E-state index contributed by atoms with van der Waals surface area (Å²) in [7, 11) is 0. The van der Waals surface area contributed by atoms with Gasteiger partial charge in [-0.1, -0.05) is 13.0 Å². The number of imidazole rings is 1. The molecule has 1 aliphatic rings. The molecular formula is C17H19N5. The summed E-state index contributed by atoms with van der Waals surface area (Å²) in [5.74, 6) is 2.42. The normalized spacial score (nSPS) is 19.0. The second kappa shape index (κ2) is 5.50. The Kier molecular flexibility index (Phi) is 3.35. The topological polar surface area (TPSA) is 46.8 Å². The smallest absolute Gasteiger partial charge is 0.165 e. The number of hydrogen-bond donors (Lipinski definition) is 0. The van der Waals surface area contributed by atoms with Gasteiger partial charge in [0.1, 0.15) is 17.2 Å². The van der Waals surface area contributed by atoms with Gasteiger partial charge in [0.05, 0.1) is 0 Å². The summed E-state index contributed by atoms with van der Waals surface area (Å²) in [6.45, 7) is 5.51. The van der Waals surface area contributed by atoms with E-state index in [1.807, 2.05) is 42.7 Å². The number of pyridine rings is 2. The van der Waals surface area contributed by atoms with Crippen LogP contribution in [0.3, 0.4) is 0 Å². The Labute approximate surface area is 129 Å². The van der Waals surface area contributed by atoms with Crippen molar-refractivity contribution in [2.75, 3.05) is 19.6 Å². The molecule has 1 aliphatic heterocycles. The zero-order valence-electron chi connectivity index (χ0n) is 12.7. The van der Waals surface area contributed by atoms with E-state index in [2.05, 4.69) is 26.4 Å². The summed E-state index contributed by atoms with van der Waals surface area (Å²) in [5, 5.41) is 0. The molecule has 5 heteroatoms. The van der Waals surface area contributed by atoms with Gasteiger partial charge >= 0.3 is 0 Å². The highest BCUT2D eigenvalue weighted by Gasteiger charge is 2.28. The van der Waals surface area contributed by atoms with Gasteiger partial charge in [-0.05, 0) is 43.8 Å². The fraction of sp³-hybridized carbons (Fsp3) is 0.353. The maximum absolute atomic E-state index is 4.87. The third-order valence-corrected chi connectivity index (χ3v) is 4.41. The van der Waals surface area contributed by atoms with Crippen LogP contribution >= 0.6 is 0 Å². The molecule has 1 fully saturated rings. The first-order valence-corrected chi connectivity index (χ1v) is 7.84. The van der Waals surface area contributed by atoms with E-state index in [-0.39, 0.29) is 0 Å². The predicted molar refractivity (Wildman–Crippen MR) is 86.1 cm³/mol. The number of hydrogen-bond acceptors (Lipinski definition) is 4. The minimum absolute atomic E-state index is 0.441. The van der Waals surface area contributed by atoms with Crippen molar-refractivity contribution in [3.05, 3.63) is 48.5 Å². The Morgan fingerprint density at radius 2 is 2.05 bits per heavy atom. The van der Waals surface area contributed by atoms with Gasteiger partial charge in [-0.2, -0.15) is 0 Å². The van der Waals surface area contributed by atoms with E-state index in [1.54, 1.807) is 0 Å². The largest absolute Gasteiger partial charge is 0.303 e. The molecule has 4 rings (SSSR count). The average Bonchev–Trinajstić information content (AvgIpc) is 3.19. The predicted octanol–water partition coefficient (Wildman–Crippen LogP) is 2.62. The van der Waals surface area contributed by atoms with Crippen LogP contribution in [-0.2, 0) is 0 Å². The van der Waals surface area contributed by atoms with E-state index < -0.39 is 0 Å². The van der Waals surface area contributed by atoms with Crippen LogP contribution in [-0.4, -0.2) is 44.1 Å². The van der Waals surface area contributed by atoms with Gasteiger partial charge in [0.15, 0.2) is 5.65 Å². The van der Waals surface area contributed by atoms with Crippen molar-refractivity contribution in [2.24, 2.45) is 0 Å². The van der Waals surface area contributed by atoms with Crippen LogP contribution in [0.2, 0.25) is 0 Å². The van der Waals surface area contributed by atoms with E-state index in [9.17, 15) is 0 Å². The molecule has 22 heavy (non-hydrogen) atoms. The van der Waals surface area contributed by atoms with E-state index >= 15 is 0 Å². The van der Waals surface area contributed by atoms with Gasteiger partial charge in [-0.3, -0.25) is 4.57 Å². The molecule has 1 saturated heterocycles. The van der Waals surface area contributed by atoms with Crippen LogP contribution in [0, 0.1) is 0 Å². The summed E-state index contributed by atoms with van der Waals surface area (Å²) in [6, 6.07) is 9.93. The number of likely N-dealkylation sites (tertiary alicyclic amines) is 1. The molecule has 0 amide bonds. The summed E-state index contributed by atoms with van der Waals surface area (Å²) in [4.78, 5) is 16.4. The Balaban J connectivity index is 1.87. The Hall–Kier alpha value is -2.27. The molecule has 5 nitrogen and oxygen atoms in total. The maximum atomic E-state index is 4.87. The lowest BCUT2D eigenvalue weighted by molar-refractivity contribution is 0.352. The van der Waals surface area contributed by atoms with E-state index in [1.165, 1.54) is 0 Å². The minimum Gasteiger partial charge on any atom is -0.303 e. The SMILES string of the molecule is CCN1CCC(c2nc3cccnc3n2-c2ccccn2)C1. The first-order chi connectivity index (χ1) is 10.9. The number of fused-ring (bicyclic) bond motifs is 1. The third kappa shape index (κ3) is 2.18. The fourth-order valence-corrected chi connectivity index (χ4v) is 3.25. The lowest BCUT2D eigenvalue weighted by atomic mass is 10.1. The molecular weight excluding hydrogens is 274 g/mol. The van der Waals surface area contributed by atoms with Crippen LogP contribution < -0.4 is 0 Å². The first kappa shape index (κ1) is 13.4. The van der Waals surface area contributed by atoms with Crippen molar-refractivity contribution < 1.29 is 0 Å². The van der Waals surface area contributed by atoms with Crippen molar-refractivity contribution in [2.45, 2.75) is 19.3 Å². The minimum atomic E-state index is 0.441. The molecule has 1 atom stereocenters. The monoisotopic (exact) mass is 293 g/mol. The van der Waals surface area contributed by atoms with E-state index in [0.717, 1.165) is 48.9 Å². The quantitative estimate of drug-likeness (QED) is 0.745. The van der Waals surface area contributed by atoms with Gasteiger partial charge in [0.25, 0.3) is 0 Å². The van der Waals surface area contributed by atoms with Crippen LogP contribution in [0.4, 0.5) is 0 Å². The second-order valence-electron chi connectivity index (χ2n) is 5.72. The molecule has 0 aromatic carbocycles. The highest BCUT2D eigenvalue weighted by atomic mass is 15.2. The summed E-state index contributed by atoms with van der Waals surface area (Å²) >= 11 is 0. The average molecular weight is 293 g/mol. The molecule has 3 aromatic rings. The maximum Gasteiger partial charge on any atom is 0.165 e. The van der Waals surface area contributed by atoms with E-state index in [4.69, 9.17) is 4.98 Å². The Bertz CT molecular complexity index is 780. The van der Waals surface area contributed by atoms with Gasteiger partial charge in [0.2, 0.25) is 0 Å². The molecule has 0 spiro atoms. The lowest BCUT2D eigenvalue weighted by Crippen LogP contribution is -2.20. The number of aromatic nitrogens is 4. The third-order valence-electron chi connectivity index (χ3n) is 4.41. The van der Waals surface area contributed by atoms with Crippen LogP contribution in [0.15, 0.2) is 42.7 Å². The Morgan fingerprint density at radius 1 is 1.14 bits per heavy atom. The highest BCUT2D eigenvalue weighted by Crippen LogP contribution is 2.30. The zero-order chi connectivity index (χ0) is 14.9. The van der Waals surface area contributed by atoms with Gasteiger partial charge in [-0.25, -0.2) is 15.0 Å². The molecule has 4 heterocycles. The number of rotatable bonds is 3. The summed E-state index contributed by atoms with van der Waals surface area (Å²) < 4.78 is 2.12. The van der Waals surface area contributed by atoms with Crippen molar-refractivity contribution in [3.8, 4) is 5.82 Å². The van der Waals surface area contributed by atoms with Crippen molar-refractivity contribution in [3.63, 3.8) is 0 Å². The lowest BCUT2D eigenvalue weighted by Gasteiger charge is -2.14. The Morgan fingerprint density at radius 3 is 2.82 bits per heavy atom. The second-order valence-corrected chi connectivity index (χ2v) is 5.72. The van der Waals surface area contributed by atoms with Gasteiger partial charge < -0.3 is 4.90 Å². The molecule has 3 aromatic heterocycles. The highest BCUT2D eigenvalue weighted by molar-refractivity contribution is 5.73. The van der Waals surface area contributed by atoms with Crippen LogP contribution in [0.1, 0.15) is 25.1 Å². The molecule has 0 radical (unpaired) electrons. The molecule has 1 unspecified atom stereocenters. The van der Waals surface area contributed by atoms with Crippen LogP contribution in [0.25, 0.3) is 17.0 Å². The summed E-state index contributed by atoms with van der Waals surface area (Å²) in [5.41, 5.74) is 1.84. The molecule has 0 bridgehead atoms. The first-order valence-electron chi connectivity index (χ1n) is 7.84. The molecule has 0 saturated carbocycles. The van der Waals surface area contributed by atoms with Gasteiger partial charge in [-0.15, -0.1) is 0 Å². The van der Waals surface area contributed by atoms with Gasteiger partial charge in [0, 0.05) is 24.9 Å². The molecule has 0 N–H and O–H groups in total. The summed E-state index contributed by atoms with van der Waals surface area (Å²) in [6.07, 6.45) is 4.78. The van der Waals surface area contributed by atoms with Crippen molar-refractivity contribution in [1.82, 2.24) is 24.4 Å². The number of likely N-dealkylation sites (N-methyl/N-ethyl adjacent to an activating group) is 1. The fourth-order valence-electron chi connectivity index (χ4n) is 3.25. The van der Waals surface area contributed by atoms with Crippen molar-refractivity contribution >= 4 is 11.2 Å². The van der Waals surface area contributed by atoms with E-state index in [0.29, 0.717) is 5.92 Å². The molecule has 0 aliphatic carbocycles.